The summed E-state index contributed by atoms with van der Waals surface area (Å²) in [6, 6.07) is 0. The molecule has 0 atom stereocenters. The van der Waals surface area contributed by atoms with Gasteiger partial charge in [-0.2, -0.15) is 0 Å². The molecule has 0 aliphatic heterocycles. The molecule has 1 amide bonds. The van der Waals surface area contributed by atoms with Crippen molar-refractivity contribution in [1.82, 2.24) is 4.90 Å². The third kappa shape index (κ3) is 10.6. The molecular weight excluding hydrogens is 278 g/mol. The monoisotopic (exact) mass is 313 g/mol. The van der Waals surface area contributed by atoms with Crippen LogP contribution in [-0.4, -0.2) is 36.5 Å². The fourth-order valence-electron chi connectivity index (χ4n) is 2.27. The Morgan fingerprint density at radius 2 is 1.23 bits per heavy atom. The van der Waals surface area contributed by atoms with Crippen LogP contribution >= 0.6 is 0 Å². The van der Waals surface area contributed by atoms with E-state index in [4.69, 9.17) is 4.74 Å². The van der Waals surface area contributed by atoms with Crippen LogP contribution in [0.4, 0.5) is 0 Å². The van der Waals surface area contributed by atoms with E-state index < -0.39 is 11.9 Å². The van der Waals surface area contributed by atoms with Crippen molar-refractivity contribution in [3.8, 4) is 0 Å². The number of amides is 1. The van der Waals surface area contributed by atoms with Gasteiger partial charge in [0.05, 0.1) is 6.61 Å². The van der Waals surface area contributed by atoms with E-state index >= 15 is 0 Å². The first-order valence-corrected chi connectivity index (χ1v) is 9.13. The quantitative estimate of drug-likeness (QED) is 0.289. The van der Waals surface area contributed by atoms with Gasteiger partial charge in [0.2, 0.25) is 0 Å². The number of unbranched alkanes of at least 4 members (excludes halogenated alkanes) is 7. The number of carbonyl (C=O) groups is 2. The molecule has 130 valence electrons. The molecule has 0 rings (SSSR count). The maximum absolute atomic E-state index is 12.2. The first-order chi connectivity index (χ1) is 10.7. The summed E-state index contributed by atoms with van der Waals surface area (Å²) in [7, 11) is 0. The van der Waals surface area contributed by atoms with Crippen LogP contribution in [-0.2, 0) is 14.3 Å². The lowest BCUT2D eigenvalue weighted by Crippen LogP contribution is -2.39. The van der Waals surface area contributed by atoms with Gasteiger partial charge in [0.1, 0.15) is 0 Å². The number of esters is 1. The minimum Gasteiger partial charge on any atom is -0.459 e. The summed E-state index contributed by atoms with van der Waals surface area (Å²) in [6.07, 6.45) is 10.6. The number of hydrogen-bond acceptors (Lipinski definition) is 3. The number of rotatable bonds is 13. The van der Waals surface area contributed by atoms with Gasteiger partial charge in [0.25, 0.3) is 0 Å². The van der Waals surface area contributed by atoms with Gasteiger partial charge >= 0.3 is 11.9 Å². The zero-order chi connectivity index (χ0) is 16.6. The van der Waals surface area contributed by atoms with Crippen molar-refractivity contribution in [3.63, 3.8) is 0 Å². The molecule has 0 aliphatic carbocycles. The Kier molecular flexibility index (Phi) is 14.1. The van der Waals surface area contributed by atoms with Crippen LogP contribution in [0.5, 0.6) is 0 Å². The number of ether oxygens (including phenoxy) is 1. The number of nitrogens with zero attached hydrogens (tertiary/aromatic N) is 1. The molecular formula is C18H35NO3. The molecule has 0 saturated carbocycles. The SMILES string of the molecule is CCCCCCN(CCCCCC)C(=O)C(=O)OCCCC. The maximum atomic E-state index is 12.2. The van der Waals surface area contributed by atoms with Crippen molar-refractivity contribution in [2.24, 2.45) is 0 Å². The molecule has 0 heterocycles. The maximum Gasteiger partial charge on any atom is 0.397 e. The van der Waals surface area contributed by atoms with E-state index in [-0.39, 0.29) is 0 Å². The summed E-state index contributed by atoms with van der Waals surface area (Å²) < 4.78 is 5.05. The Morgan fingerprint density at radius 3 is 1.68 bits per heavy atom. The van der Waals surface area contributed by atoms with E-state index in [1.165, 1.54) is 25.7 Å². The summed E-state index contributed by atoms with van der Waals surface area (Å²) in [5.41, 5.74) is 0. The molecule has 4 nitrogen and oxygen atoms in total. The third-order valence-corrected chi connectivity index (χ3v) is 3.76. The predicted octanol–water partition coefficient (Wildman–Crippen LogP) is 4.32. The lowest BCUT2D eigenvalue weighted by atomic mass is 10.1. The molecule has 0 aliphatic rings. The van der Waals surface area contributed by atoms with Crippen LogP contribution in [0.2, 0.25) is 0 Å². The molecule has 0 spiro atoms. The highest BCUT2D eigenvalue weighted by atomic mass is 16.5. The first-order valence-electron chi connectivity index (χ1n) is 9.13. The second-order valence-corrected chi connectivity index (χ2v) is 5.90. The van der Waals surface area contributed by atoms with Crippen LogP contribution in [0.1, 0.15) is 85.0 Å². The summed E-state index contributed by atoms with van der Waals surface area (Å²) in [5.74, 6) is -1.14. The van der Waals surface area contributed by atoms with Gasteiger partial charge in [-0.1, -0.05) is 65.7 Å². The Labute approximate surface area is 136 Å². The van der Waals surface area contributed by atoms with E-state index in [1.807, 2.05) is 6.92 Å². The van der Waals surface area contributed by atoms with Crippen LogP contribution in [0.25, 0.3) is 0 Å². The summed E-state index contributed by atoms with van der Waals surface area (Å²) >= 11 is 0. The normalized spacial score (nSPS) is 10.5. The second-order valence-electron chi connectivity index (χ2n) is 5.90. The highest BCUT2D eigenvalue weighted by molar-refractivity contribution is 6.32. The third-order valence-electron chi connectivity index (χ3n) is 3.76. The molecule has 0 saturated heterocycles. The van der Waals surface area contributed by atoms with Crippen LogP contribution < -0.4 is 0 Å². The molecule has 0 N–H and O–H groups in total. The molecule has 0 fully saturated rings. The van der Waals surface area contributed by atoms with Crippen molar-refractivity contribution in [2.75, 3.05) is 19.7 Å². The Hall–Kier alpha value is -1.06. The van der Waals surface area contributed by atoms with Crippen LogP contribution in [0, 0.1) is 0 Å². The Morgan fingerprint density at radius 1 is 0.727 bits per heavy atom. The largest absolute Gasteiger partial charge is 0.459 e. The molecule has 0 aromatic heterocycles. The molecule has 4 heteroatoms. The van der Waals surface area contributed by atoms with Gasteiger partial charge in [0, 0.05) is 13.1 Å². The Balaban J connectivity index is 4.26. The van der Waals surface area contributed by atoms with Gasteiger partial charge in [-0.25, -0.2) is 4.79 Å². The van der Waals surface area contributed by atoms with Gasteiger partial charge < -0.3 is 9.64 Å². The smallest absolute Gasteiger partial charge is 0.397 e. The molecule has 0 aromatic rings. The fraction of sp³-hybridized carbons (Fsp3) is 0.889. The fourth-order valence-corrected chi connectivity index (χ4v) is 2.27. The average Bonchev–Trinajstić information content (AvgIpc) is 2.53. The molecule has 0 aromatic carbocycles. The van der Waals surface area contributed by atoms with Crippen molar-refractivity contribution in [2.45, 2.75) is 85.0 Å². The topological polar surface area (TPSA) is 46.6 Å². The predicted molar refractivity (Wildman–Crippen MR) is 90.7 cm³/mol. The highest BCUT2D eigenvalue weighted by Crippen LogP contribution is 2.06. The first kappa shape index (κ1) is 20.9. The zero-order valence-corrected chi connectivity index (χ0v) is 14.9. The summed E-state index contributed by atoms with van der Waals surface area (Å²) in [5, 5.41) is 0. The highest BCUT2D eigenvalue weighted by Gasteiger charge is 2.22. The van der Waals surface area contributed by atoms with E-state index in [1.54, 1.807) is 4.90 Å². The summed E-state index contributed by atoms with van der Waals surface area (Å²) in [6.45, 7) is 8.06. The van der Waals surface area contributed by atoms with Crippen molar-refractivity contribution in [1.29, 1.82) is 0 Å². The van der Waals surface area contributed by atoms with Gasteiger partial charge in [-0.05, 0) is 19.3 Å². The van der Waals surface area contributed by atoms with Crippen molar-refractivity contribution in [3.05, 3.63) is 0 Å². The molecule has 0 radical (unpaired) electrons. The van der Waals surface area contributed by atoms with Gasteiger partial charge in [0.15, 0.2) is 0 Å². The minimum atomic E-state index is -0.681. The number of carbonyl (C=O) groups excluding carboxylic acids is 2. The second kappa shape index (κ2) is 14.9. The summed E-state index contributed by atoms with van der Waals surface area (Å²) in [4.78, 5) is 25.7. The van der Waals surface area contributed by atoms with Gasteiger partial charge in [-0.15, -0.1) is 0 Å². The average molecular weight is 313 g/mol. The van der Waals surface area contributed by atoms with E-state index in [9.17, 15) is 9.59 Å². The van der Waals surface area contributed by atoms with E-state index in [2.05, 4.69) is 13.8 Å². The molecule has 0 bridgehead atoms. The standard InChI is InChI=1S/C18H35NO3/c1-4-7-10-12-14-19(15-13-11-8-5-2)17(20)18(21)22-16-9-6-3/h4-16H2,1-3H3. The van der Waals surface area contributed by atoms with Crippen molar-refractivity contribution >= 4 is 11.9 Å². The lowest BCUT2D eigenvalue weighted by Gasteiger charge is -2.21. The zero-order valence-electron chi connectivity index (χ0n) is 14.9. The molecule has 0 unspecified atom stereocenters. The van der Waals surface area contributed by atoms with E-state index in [0.29, 0.717) is 19.7 Å². The van der Waals surface area contributed by atoms with Crippen molar-refractivity contribution < 1.29 is 14.3 Å². The lowest BCUT2D eigenvalue weighted by molar-refractivity contribution is -0.160. The van der Waals surface area contributed by atoms with Gasteiger partial charge in [-0.3, -0.25) is 4.79 Å². The van der Waals surface area contributed by atoms with Crippen LogP contribution in [0.3, 0.4) is 0 Å². The van der Waals surface area contributed by atoms with E-state index in [0.717, 1.165) is 38.5 Å². The minimum absolute atomic E-state index is 0.348. The van der Waals surface area contributed by atoms with Crippen LogP contribution in [0.15, 0.2) is 0 Å². The molecule has 22 heavy (non-hydrogen) atoms. The number of hydrogen-bond donors (Lipinski definition) is 0. The Bertz CT molecular complexity index is 280.